The molecule has 2 nitrogen and oxygen atoms in total. The molecule has 0 unspecified atom stereocenters. The van der Waals surface area contributed by atoms with Crippen LogP contribution in [-0.4, -0.2) is 12.6 Å². The fraction of sp³-hybridized carbons (Fsp3) is 0.667. The van der Waals surface area contributed by atoms with Crippen LogP contribution in [0.15, 0.2) is 18.2 Å². The van der Waals surface area contributed by atoms with Gasteiger partial charge in [0.05, 0.1) is 12.3 Å². The van der Waals surface area contributed by atoms with Crippen molar-refractivity contribution in [3.05, 3.63) is 23.2 Å². The summed E-state index contributed by atoms with van der Waals surface area (Å²) in [7, 11) is 0. The minimum Gasteiger partial charge on any atom is -0.491 e. The van der Waals surface area contributed by atoms with Gasteiger partial charge in [-0.1, -0.05) is 38.3 Å². The number of halogens is 1. The van der Waals surface area contributed by atoms with Crippen molar-refractivity contribution in [2.24, 2.45) is 5.92 Å². The summed E-state index contributed by atoms with van der Waals surface area (Å²) in [5.74, 6) is 1.86. The second-order valence-corrected chi connectivity index (χ2v) is 6.58. The number of ether oxygens (including phenoxy) is 1. The largest absolute Gasteiger partial charge is 0.491 e. The van der Waals surface area contributed by atoms with Gasteiger partial charge in [-0.2, -0.15) is 0 Å². The molecule has 118 valence electrons. The molecule has 1 aliphatic carbocycles. The molecular weight excluding hydrogens is 282 g/mol. The SMILES string of the molecule is CCCOc1ccc(Cl)cc1NC1CCC(CCC)CC1. The fourth-order valence-electron chi connectivity index (χ4n) is 3.18. The molecule has 1 saturated carbocycles. The van der Waals surface area contributed by atoms with Gasteiger partial charge >= 0.3 is 0 Å². The van der Waals surface area contributed by atoms with E-state index in [0.29, 0.717) is 6.04 Å². The van der Waals surface area contributed by atoms with Gasteiger partial charge in [0, 0.05) is 11.1 Å². The molecule has 0 atom stereocenters. The van der Waals surface area contributed by atoms with E-state index >= 15 is 0 Å². The Labute approximate surface area is 134 Å². The smallest absolute Gasteiger partial charge is 0.142 e. The monoisotopic (exact) mass is 309 g/mol. The van der Waals surface area contributed by atoms with Crippen molar-refractivity contribution >= 4 is 17.3 Å². The molecule has 1 aromatic carbocycles. The maximum atomic E-state index is 6.14. The van der Waals surface area contributed by atoms with Crippen LogP contribution in [0.4, 0.5) is 5.69 Å². The number of nitrogens with one attached hydrogen (secondary N) is 1. The summed E-state index contributed by atoms with van der Waals surface area (Å²) in [6, 6.07) is 6.42. The molecular formula is C18H28ClNO. The van der Waals surface area contributed by atoms with E-state index in [2.05, 4.69) is 19.2 Å². The number of anilines is 1. The van der Waals surface area contributed by atoms with Crippen molar-refractivity contribution in [1.82, 2.24) is 0 Å². The lowest BCUT2D eigenvalue weighted by Crippen LogP contribution is -2.26. The lowest BCUT2D eigenvalue weighted by molar-refractivity contribution is 0.311. The van der Waals surface area contributed by atoms with Crippen LogP contribution in [0.25, 0.3) is 0 Å². The van der Waals surface area contributed by atoms with Crippen LogP contribution in [0.3, 0.4) is 0 Å². The van der Waals surface area contributed by atoms with Crippen LogP contribution in [0.5, 0.6) is 5.75 Å². The summed E-state index contributed by atoms with van der Waals surface area (Å²) < 4.78 is 5.82. The molecule has 0 amide bonds. The molecule has 0 aromatic heterocycles. The van der Waals surface area contributed by atoms with Crippen LogP contribution in [0.1, 0.15) is 58.8 Å². The molecule has 0 bridgehead atoms. The number of hydrogen-bond acceptors (Lipinski definition) is 2. The lowest BCUT2D eigenvalue weighted by atomic mass is 9.83. The first kappa shape index (κ1) is 16.5. The zero-order valence-corrected chi connectivity index (χ0v) is 14.1. The molecule has 1 fully saturated rings. The Balaban J connectivity index is 1.94. The highest BCUT2D eigenvalue weighted by Gasteiger charge is 2.21. The van der Waals surface area contributed by atoms with Crippen molar-refractivity contribution in [2.75, 3.05) is 11.9 Å². The summed E-state index contributed by atoms with van der Waals surface area (Å²) in [5, 5.41) is 4.42. The predicted octanol–water partition coefficient (Wildman–Crippen LogP) is 5.90. The molecule has 1 aromatic rings. The Hall–Kier alpha value is -0.890. The maximum absolute atomic E-state index is 6.14. The van der Waals surface area contributed by atoms with E-state index in [-0.39, 0.29) is 0 Å². The molecule has 1 aliphatic rings. The molecule has 0 aliphatic heterocycles. The molecule has 3 heteroatoms. The third-order valence-corrected chi connectivity index (χ3v) is 4.54. The normalized spacial score (nSPS) is 22.0. The summed E-state index contributed by atoms with van der Waals surface area (Å²) in [5.41, 5.74) is 1.05. The first-order chi connectivity index (χ1) is 10.2. The van der Waals surface area contributed by atoms with Gasteiger partial charge in [-0.05, 0) is 56.2 Å². The molecule has 21 heavy (non-hydrogen) atoms. The number of hydrogen-bond donors (Lipinski definition) is 1. The van der Waals surface area contributed by atoms with E-state index in [1.807, 2.05) is 18.2 Å². The van der Waals surface area contributed by atoms with E-state index in [9.17, 15) is 0 Å². The van der Waals surface area contributed by atoms with E-state index in [1.165, 1.54) is 38.5 Å². The van der Waals surface area contributed by atoms with Crippen LogP contribution < -0.4 is 10.1 Å². The van der Waals surface area contributed by atoms with E-state index < -0.39 is 0 Å². The van der Waals surface area contributed by atoms with Gasteiger partial charge in [0.1, 0.15) is 5.75 Å². The minimum atomic E-state index is 0.556. The Morgan fingerprint density at radius 1 is 1.14 bits per heavy atom. The molecule has 0 saturated heterocycles. The van der Waals surface area contributed by atoms with Gasteiger partial charge in [0.15, 0.2) is 0 Å². The molecule has 0 radical (unpaired) electrons. The average molecular weight is 310 g/mol. The highest BCUT2D eigenvalue weighted by molar-refractivity contribution is 6.30. The standard InChI is InChI=1S/C18H28ClNO/c1-3-5-14-6-9-16(10-7-14)20-17-13-15(19)8-11-18(17)21-12-4-2/h8,11,13-14,16,20H,3-7,9-10,12H2,1-2H3. The first-order valence-electron chi connectivity index (χ1n) is 8.41. The number of benzene rings is 1. The highest BCUT2D eigenvalue weighted by atomic mass is 35.5. The molecule has 2 rings (SSSR count). The van der Waals surface area contributed by atoms with E-state index in [0.717, 1.165) is 35.4 Å². The summed E-state index contributed by atoms with van der Waals surface area (Å²) >= 11 is 6.14. The Kier molecular flexibility index (Phi) is 6.69. The van der Waals surface area contributed by atoms with Gasteiger partial charge in [-0.25, -0.2) is 0 Å². The van der Waals surface area contributed by atoms with Crippen molar-refractivity contribution in [3.8, 4) is 5.75 Å². The third-order valence-electron chi connectivity index (χ3n) is 4.31. The van der Waals surface area contributed by atoms with Crippen molar-refractivity contribution in [2.45, 2.75) is 64.8 Å². The first-order valence-corrected chi connectivity index (χ1v) is 8.79. The topological polar surface area (TPSA) is 21.3 Å². The fourth-order valence-corrected chi connectivity index (χ4v) is 3.35. The van der Waals surface area contributed by atoms with Gasteiger partial charge in [-0.15, -0.1) is 0 Å². The predicted molar refractivity (Wildman–Crippen MR) is 91.5 cm³/mol. The molecule has 1 N–H and O–H groups in total. The zero-order chi connectivity index (χ0) is 15.1. The van der Waals surface area contributed by atoms with E-state index in [4.69, 9.17) is 16.3 Å². The lowest BCUT2D eigenvalue weighted by Gasteiger charge is -2.30. The van der Waals surface area contributed by atoms with Crippen LogP contribution in [0.2, 0.25) is 5.02 Å². The summed E-state index contributed by atoms with van der Waals surface area (Å²) in [6.45, 7) is 5.16. The van der Waals surface area contributed by atoms with E-state index in [1.54, 1.807) is 0 Å². The molecule has 0 heterocycles. The van der Waals surface area contributed by atoms with Gasteiger partial charge in [-0.3, -0.25) is 0 Å². The Morgan fingerprint density at radius 3 is 2.57 bits per heavy atom. The van der Waals surface area contributed by atoms with Crippen LogP contribution >= 0.6 is 11.6 Å². The maximum Gasteiger partial charge on any atom is 0.142 e. The van der Waals surface area contributed by atoms with Crippen molar-refractivity contribution in [3.63, 3.8) is 0 Å². The highest BCUT2D eigenvalue weighted by Crippen LogP contribution is 2.33. The third kappa shape index (κ3) is 5.10. The number of rotatable bonds is 7. The quantitative estimate of drug-likeness (QED) is 0.677. The van der Waals surface area contributed by atoms with Crippen LogP contribution in [0, 0.1) is 5.92 Å². The zero-order valence-electron chi connectivity index (χ0n) is 13.3. The van der Waals surface area contributed by atoms with Crippen LogP contribution in [-0.2, 0) is 0 Å². The van der Waals surface area contributed by atoms with Gasteiger partial charge in [0.25, 0.3) is 0 Å². The summed E-state index contributed by atoms with van der Waals surface area (Å²) in [6.07, 6.45) is 8.91. The van der Waals surface area contributed by atoms with Crippen molar-refractivity contribution in [1.29, 1.82) is 0 Å². The van der Waals surface area contributed by atoms with Crippen molar-refractivity contribution < 1.29 is 4.74 Å². The summed E-state index contributed by atoms with van der Waals surface area (Å²) in [4.78, 5) is 0. The van der Waals surface area contributed by atoms with Gasteiger partial charge < -0.3 is 10.1 Å². The second-order valence-electron chi connectivity index (χ2n) is 6.14. The minimum absolute atomic E-state index is 0.556. The average Bonchev–Trinajstić information content (AvgIpc) is 2.49. The second kappa shape index (κ2) is 8.53. The van der Waals surface area contributed by atoms with Gasteiger partial charge in [0.2, 0.25) is 0 Å². The molecule has 0 spiro atoms. The Morgan fingerprint density at radius 2 is 1.90 bits per heavy atom. The Bertz CT molecular complexity index is 427.